The molecule has 0 amide bonds. The van der Waals surface area contributed by atoms with Gasteiger partial charge in [0.1, 0.15) is 5.75 Å². The van der Waals surface area contributed by atoms with Crippen LogP contribution < -0.4 is 10.5 Å². The van der Waals surface area contributed by atoms with Crippen molar-refractivity contribution in [3.05, 3.63) is 29.3 Å². The topological polar surface area (TPSA) is 41.7 Å². The SMILES string of the molecule is NCC(c1ccc2c(c1)CCO2)N1CCN(C2CC2)CC1. The largest absolute Gasteiger partial charge is 0.493 e. The fraction of sp³-hybridized carbons (Fsp3) is 0.647. The van der Waals surface area contributed by atoms with E-state index in [1.54, 1.807) is 0 Å². The first-order valence-electron chi connectivity index (χ1n) is 8.29. The van der Waals surface area contributed by atoms with Crippen molar-refractivity contribution < 1.29 is 4.74 Å². The molecule has 4 heteroatoms. The van der Waals surface area contributed by atoms with Gasteiger partial charge in [0.05, 0.1) is 6.61 Å². The molecule has 3 aliphatic rings. The Morgan fingerprint density at radius 2 is 2.00 bits per heavy atom. The lowest BCUT2D eigenvalue weighted by atomic mass is 10.0. The summed E-state index contributed by atoms with van der Waals surface area (Å²) in [7, 11) is 0. The highest BCUT2D eigenvalue weighted by Gasteiger charge is 2.33. The summed E-state index contributed by atoms with van der Waals surface area (Å²) in [6.45, 7) is 6.22. The minimum absolute atomic E-state index is 0.359. The third-order valence-corrected chi connectivity index (χ3v) is 5.17. The molecular formula is C17H25N3O. The fourth-order valence-corrected chi connectivity index (χ4v) is 3.76. The van der Waals surface area contributed by atoms with E-state index in [-0.39, 0.29) is 0 Å². The van der Waals surface area contributed by atoms with Crippen molar-refractivity contribution >= 4 is 0 Å². The third kappa shape index (κ3) is 2.68. The minimum atomic E-state index is 0.359. The Bertz CT molecular complexity index is 507. The lowest BCUT2D eigenvalue weighted by molar-refractivity contribution is 0.0938. The van der Waals surface area contributed by atoms with Gasteiger partial charge in [0.15, 0.2) is 0 Å². The molecule has 1 aromatic carbocycles. The normalized spacial score (nSPS) is 24.6. The van der Waals surface area contributed by atoms with Crippen LogP contribution in [-0.4, -0.2) is 55.2 Å². The molecule has 0 radical (unpaired) electrons. The van der Waals surface area contributed by atoms with Crippen molar-refractivity contribution in [2.24, 2.45) is 5.73 Å². The minimum Gasteiger partial charge on any atom is -0.493 e. The fourth-order valence-electron chi connectivity index (χ4n) is 3.76. The van der Waals surface area contributed by atoms with E-state index in [9.17, 15) is 0 Å². The number of hydrogen-bond donors (Lipinski definition) is 1. The van der Waals surface area contributed by atoms with Gasteiger partial charge in [0.2, 0.25) is 0 Å². The van der Waals surface area contributed by atoms with Gasteiger partial charge in [-0.1, -0.05) is 12.1 Å². The van der Waals surface area contributed by atoms with Crippen molar-refractivity contribution in [1.82, 2.24) is 9.80 Å². The molecule has 0 bridgehead atoms. The standard InChI is InChI=1S/C17H25N3O/c18-12-16(13-1-4-17-14(11-13)5-10-21-17)20-8-6-19(7-9-20)15-2-3-15/h1,4,11,15-16H,2-3,5-10,12,18H2. The Hall–Kier alpha value is -1.10. The molecule has 1 aromatic rings. The lowest BCUT2D eigenvalue weighted by Gasteiger charge is -2.39. The molecule has 114 valence electrons. The Balaban J connectivity index is 1.46. The molecule has 1 unspecified atom stereocenters. The first-order valence-corrected chi connectivity index (χ1v) is 8.29. The monoisotopic (exact) mass is 287 g/mol. The zero-order valence-corrected chi connectivity index (χ0v) is 12.6. The number of nitrogens with zero attached hydrogens (tertiary/aromatic N) is 2. The zero-order chi connectivity index (χ0) is 14.2. The van der Waals surface area contributed by atoms with Gasteiger partial charge in [0.25, 0.3) is 0 Å². The number of nitrogens with two attached hydrogens (primary N) is 1. The van der Waals surface area contributed by atoms with E-state index in [0.717, 1.165) is 37.9 Å². The summed E-state index contributed by atoms with van der Waals surface area (Å²) in [4.78, 5) is 5.22. The number of ether oxygens (including phenoxy) is 1. The second kappa shape index (κ2) is 5.59. The van der Waals surface area contributed by atoms with Gasteiger partial charge in [0, 0.05) is 51.2 Å². The molecule has 1 atom stereocenters. The van der Waals surface area contributed by atoms with Gasteiger partial charge in [-0.3, -0.25) is 9.80 Å². The Labute approximate surface area is 126 Å². The van der Waals surface area contributed by atoms with Crippen LogP contribution in [0.15, 0.2) is 18.2 Å². The molecule has 2 heterocycles. The Morgan fingerprint density at radius 3 is 2.71 bits per heavy atom. The zero-order valence-electron chi connectivity index (χ0n) is 12.6. The van der Waals surface area contributed by atoms with E-state index in [1.807, 2.05) is 0 Å². The maximum Gasteiger partial charge on any atom is 0.122 e. The summed E-state index contributed by atoms with van der Waals surface area (Å²) in [6, 6.07) is 7.89. The third-order valence-electron chi connectivity index (χ3n) is 5.17. The van der Waals surface area contributed by atoms with Crippen LogP contribution in [0, 0.1) is 0 Å². The highest BCUT2D eigenvalue weighted by molar-refractivity contribution is 5.41. The molecule has 4 rings (SSSR count). The first kappa shape index (κ1) is 13.6. The molecule has 0 aromatic heterocycles. The lowest BCUT2D eigenvalue weighted by Crippen LogP contribution is -2.49. The average molecular weight is 287 g/mol. The van der Waals surface area contributed by atoms with Crippen LogP contribution in [0.5, 0.6) is 5.75 Å². The summed E-state index contributed by atoms with van der Waals surface area (Å²) in [5.74, 6) is 1.06. The second-order valence-corrected chi connectivity index (χ2v) is 6.52. The number of piperazine rings is 1. The van der Waals surface area contributed by atoms with Gasteiger partial charge in [-0.15, -0.1) is 0 Å². The average Bonchev–Trinajstić information content (AvgIpc) is 3.27. The summed E-state index contributed by atoms with van der Waals surface area (Å²) < 4.78 is 5.61. The van der Waals surface area contributed by atoms with E-state index < -0.39 is 0 Å². The van der Waals surface area contributed by atoms with Crippen LogP contribution in [0.3, 0.4) is 0 Å². The maximum absolute atomic E-state index is 6.10. The van der Waals surface area contributed by atoms with E-state index >= 15 is 0 Å². The van der Waals surface area contributed by atoms with Gasteiger partial charge in [-0.05, 0) is 30.0 Å². The molecular weight excluding hydrogens is 262 g/mol. The molecule has 1 saturated heterocycles. The maximum atomic E-state index is 6.10. The van der Waals surface area contributed by atoms with Crippen LogP contribution in [0.1, 0.15) is 30.0 Å². The molecule has 2 fully saturated rings. The number of fused-ring (bicyclic) bond motifs is 1. The van der Waals surface area contributed by atoms with E-state index in [1.165, 1.54) is 37.1 Å². The molecule has 1 aliphatic carbocycles. The molecule has 0 spiro atoms. The molecule has 21 heavy (non-hydrogen) atoms. The summed E-state index contributed by atoms with van der Waals surface area (Å²) >= 11 is 0. The van der Waals surface area contributed by atoms with Gasteiger partial charge in [-0.25, -0.2) is 0 Å². The second-order valence-electron chi connectivity index (χ2n) is 6.52. The van der Waals surface area contributed by atoms with Crippen LogP contribution in [0.25, 0.3) is 0 Å². The van der Waals surface area contributed by atoms with Crippen molar-refractivity contribution in [2.45, 2.75) is 31.3 Å². The van der Waals surface area contributed by atoms with Crippen LogP contribution in [-0.2, 0) is 6.42 Å². The van der Waals surface area contributed by atoms with Crippen LogP contribution >= 0.6 is 0 Å². The quantitative estimate of drug-likeness (QED) is 0.909. The van der Waals surface area contributed by atoms with Gasteiger partial charge < -0.3 is 10.5 Å². The highest BCUT2D eigenvalue weighted by Crippen LogP contribution is 2.32. The van der Waals surface area contributed by atoms with Crippen molar-refractivity contribution in [3.63, 3.8) is 0 Å². The van der Waals surface area contributed by atoms with Gasteiger partial charge in [-0.2, -0.15) is 0 Å². The first-order chi connectivity index (χ1) is 10.3. The van der Waals surface area contributed by atoms with Crippen molar-refractivity contribution in [3.8, 4) is 5.75 Å². The molecule has 2 N–H and O–H groups in total. The summed E-state index contributed by atoms with van der Waals surface area (Å²) in [5.41, 5.74) is 8.81. The van der Waals surface area contributed by atoms with Crippen LogP contribution in [0.4, 0.5) is 0 Å². The molecule has 4 nitrogen and oxygen atoms in total. The van der Waals surface area contributed by atoms with Gasteiger partial charge >= 0.3 is 0 Å². The number of benzene rings is 1. The van der Waals surface area contributed by atoms with E-state index in [0.29, 0.717) is 12.6 Å². The smallest absolute Gasteiger partial charge is 0.122 e. The number of rotatable bonds is 4. The predicted molar refractivity (Wildman–Crippen MR) is 83.6 cm³/mol. The Kier molecular flexibility index (Phi) is 3.61. The predicted octanol–water partition coefficient (Wildman–Crippen LogP) is 1.40. The van der Waals surface area contributed by atoms with Crippen LogP contribution in [0.2, 0.25) is 0 Å². The summed E-state index contributed by atoms with van der Waals surface area (Å²) in [5, 5.41) is 0. The van der Waals surface area contributed by atoms with E-state index in [4.69, 9.17) is 10.5 Å². The van der Waals surface area contributed by atoms with Crippen molar-refractivity contribution in [1.29, 1.82) is 0 Å². The number of hydrogen-bond acceptors (Lipinski definition) is 4. The van der Waals surface area contributed by atoms with E-state index in [2.05, 4.69) is 28.0 Å². The Morgan fingerprint density at radius 1 is 1.19 bits per heavy atom. The molecule has 1 saturated carbocycles. The van der Waals surface area contributed by atoms with Crippen molar-refractivity contribution in [2.75, 3.05) is 39.3 Å². The molecule has 2 aliphatic heterocycles. The highest BCUT2D eigenvalue weighted by atomic mass is 16.5. The summed E-state index contributed by atoms with van der Waals surface area (Å²) in [6.07, 6.45) is 3.85.